The van der Waals surface area contributed by atoms with Gasteiger partial charge in [0.25, 0.3) is 0 Å². The maximum absolute atomic E-state index is 9.80. The molecule has 0 fully saturated rings. The van der Waals surface area contributed by atoms with Crippen LogP contribution in [0.5, 0.6) is 0 Å². The van der Waals surface area contributed by atoms with Crippen LogP contribution in [0.3, 0.4) is 0 Å². The Balaban J connectivity index is 0.000000221. The highest BCUT2D eigenvalue weighted by molar-refractivity contribution is 6.56. The summed E-state index contributed by atoms with van der Waals surface area (Å²) in [6.07, 6.45) is 0. The Morgan fingerprint density at radius 3 is 0.546 bits per heavy atom. The topological polar surface area (TPSA) is 56.3 Å². The molecular formula is C104H56N4. The van der Waals surface area contributed by atoms with Crippen molar-refractivity contribution < 1.29 is 0 Å². The van der Waals surface area contributed by atoms with Crippen LogP contribution in [0, 0.1) is 35.8 Å². The van der Waals surface area contributed by atoms with Gasteiger partial charge in [0.15, 0.2) is 0 Å². The molecule has 0 heterocycles. The molecule has 0 bridgehead atoms. The molecular weight excluding hydrogens is 1310 g/mol. The maximum atomic E-state index is 9.80. The summed E-state index contributed by atoms with van der Waals surface area (Å²) in [5, 5.41) is 41.2. The Labute approximate surface area is 622 Å². The highest BCUT2D eigenvalue weighted by atomic mass is 14.8. The molecule has 0 aliphatic rings. The summed E-state index contributed by atoms with van der Waals surface area (Å²) in [5.41, 5.74) is 25.5. The zero-order chi connectivity index (χ0) is 71.8. The van der Waals surface area contributed by atoms with Gasteiger partial charge >= 0.3 is 0 Å². The van der Waals surface area contributed by atoms with E-state index in [9.17, 15) is 10.5 Å². The Morgan fingerprint density at radius 2 is 0.343 bits per heavy atom. The minimum absolute atomic E-state index is 0.350. The van der Waals surface area contributed by atoms with Crippen LogP contribution in [0.1, 0.15) is 11.1 Å². The molecule has 0 atom stereocenters. The van der Waals surface area contributed by atoms with E-state index in [1.165, 1.54) is 165 Å². The van der Waals surface area contributed by atoms with Gasteiger partial charge in [-0.15, -0.1) is 0 Å². The predicted molar refractivity (Wildman–Crippen MR) is 451 cm³/mol. The summed E-state index contributed by atoms with van der Waals surface area (Å²) in [4.78, 5) is 7.37. The van der Waals surface area contributed by atoms with Crippen LogP contribution in [0.4, 0.5) is 11.4 Å². The van der Waals surface area contributed by atoms with Gasteiger partial charge in [0.1, 0.15) is 12.1 Å². The van der Waals surface area contributed by atoms with E-state index in [4.69, 9.17) is 13.1 Å². The third kappa shape index (κ3) is 8.64. The first-order valence-electron chi connectivity index (χ1n) is 36.4. The van der Waals surface area contributed by atoms with Crippen LogP contribution < -0.4 is 0 Å². The van der Waals surface area contributed by atoms with Crippen molar-refractivity contribution in [3.63, 3.8) is 0 Å². The normalized spacial score (nSPS) is 11.7. The summed E-state index contributed by atoms with van der Waals surface area (Å²) >= 11 is 0. The molecule has 22 rings (SSSR count). The SMILES string of the molecule is [C-]#[N+]c1c([N+]#[C-])c2ccc3c(C#N)c(C#N)c4ccc5ccc1c1c5c4c3c21.c1ccc(-c2c(-c3ccccc3)c3c(-c4ccccc4)c(-c4ccccc4)c4c(-c5ccccc5)c(-c5ccccc5)c5c(-c6ccccc6)c(-c6ccccc6)c6c(-c7ccccc7)c(-c7ccccc7)c2c2c3c4c5c62)cc1. The number of nitriles is 2. The Morgan fingerprint density at radius 1 is 0.176 bits per heavy atom. The summed E-state index contributed by atoms with van der Waals surface area (Å²) in [6, 6.07) is 129. The van der Waals surface area contributed by atoms with Crippen molar-refractivity contribution in [3.05, 3.63) is 374 Å². The average molecular weight is 1360 g/mol. The molecule has 0 aliphatic carbocycles. The van der Waals surface area contributed by atoms with E-state index in [2.05, 4.69) is 325 Å². The number of rotatable bonds is 10. The second kappa shape index (κ2) is 24.3. The van der Waals surface area contributed by atoms with E-state index in [0.29, 0.717) is 22.5 Å². The fourth-order valence-electron chi connectivity index (χ4n) is 18.8. The molecule has 0 saturated heterocycles. The van der Waals surface area contributed by atoms with Crippen LogP contribution in [0.15, 0.2) is 340 Å². The first-order valence-corrected chi connectivity index (χ1v) is 36.4. The van der Waals surface area contributed by atoms with E-state index in [1.807, 2.05) is 36.4 Å². The molecule has 0 spiro atoms. The van der Waals surface area contributed by atoms with Gasteiger partial charge in [-0.1, -0.05) is 340 Å². The Hall–Kier alpha value is -15.0. The van der Waals surface area contributed by atoms with Crippen molar-refractivity contribution in [3.8, 4) is 123 Å². The van der Waals surface area contributed by atoms with Gasteiger partial charge < -0.3 is 0 Å². The fraction of sp³-hybridized carbons (Fsp3) is 0. The zero-order valence-electron chi connectivity index (χ0n) is 58.1. The number of hydrogen-bond donors (Lipinski definition) is 0. The van der Waals surface area contributed by atoms with Crippen molar-refractivity contribution in [1.82, 2.24) is 0 Å². The van der Waals surface area contributed by atoms with Gasteiger partial charge in [0, 0.05) is 10.8 Å². The zero-order valence-corrected chi connectivity index (χ0v) is 58.1. The lowest BCUT2D eigenvalue weighted by Gasteiger charge is -2.27. The van der Waals surface area contributed by atoms with Crippen molar-refractivity contribution >= 4 is 119 Å². The van der Waals surface area contributed by atoms with Gasteiger partial charge in [0.2, 0.25) is 11.4 Å². The van der Waals surface area contributed by atoms with Gasteiger partial charge in [-0.2, -0.15) is 10.5 Å². The molecule has 0 saturated carbocycles. The maximum Gasteiger partial charge on any atom is 0.202 e. The van der Waals surface area contributed by atoms with Gasteiger partial charge in [-0.25, -0.2) is 9.69 Å². The molecule has 0 radical (unpaired) electrons. The molecule has 0 amide bonds. The lowest BCUT2D eigenvalue weighted by atomic mass is 9.75. The monoisotopic (exact) mass is 1360 g/mol. The molecule has 4 heteroatoms. The molecule has 0 unspecified atom stereocenters. The largest absolute Gasteiger partial charge is 0.249 e. The van der Waals surface area contributed by atoms with Gasteiger partial charge in [-0.05, 0) is 208 Å². The van der Waals surface area contributed by atoms with Crippen molar-refractivity contribution in [2.45, 2.75) is 0 Å². The molecule has 0 aromatic heterocycles. The third-order valence-electron chi connectivity index (χ3n) is 22.7. The highest BCUT2D eigenvalue weighted by Crippen LogP contribution is 2.68. The minimum Gasteiger partial charge on any atom is -0.249 e. The lowest BCUT2D eigenvalue weighted by molar-refractivity contribution is 1.47. The molecule has 0 N–H and O–H groups in total. The first kappa shape index (κ1) is 61.6. The fourth-order valence-corrected chi connectivity index (χ4v) is 18.8. The highest BCUT2D eigenvalue weighted by Gasteiger charge is 2.39. The second-order valence-electron chi connectivity index (χ2n) is 28.0. The van der Waals surface area contributed by atoms with E-state index < -0.39 is 0 Å². The van der Waals surface area contributed by atoms with Crippen molar-refractivity contribution in [1.29, 1.82) is 10.5 Å². The van der Waals surface area contributed by atoms with Crippen LogP contribution in [-0.2, 0) is 0 Å². The first-order chi connectivity index (χ1) is 53.6. The van der Waals surface area contributed by atoms with Gasteiger partial charge in [-0.3, -0.25) is 0 Å². The molecule has 22 aromatic rings. The van der Waals surface area contributed by atoms with Crippen molar-refractivity contribution in [2.75, 3.05) is 0 Å². The smallest absolute Gasteiger partial charge is 0.202 e. The van der Waals surface area contributed by atoms with E-state index in [-0.39, 0.29) is 0 Å². The summed E-state index contributed by atoms with van der Waals surface area (Å²) in [6.45, 7) is 15.4. The average Bonchev–Trinajstić information content (AvgIpc) is 1.47. The molecule has 22 aromatic carbocycles. The number of benzene rings is 20. The predicted octanol–water partition coefficient (Wildman–Crippen LogP) is 29.0. The molecule has 492 valence electrons. The summed E-state index contributed by atoms with van der Waals surface area (Å²) in [5.74, 6) is 0. The minimum atomic E-state index is 0.350. The molecule has 4 nitrogen and oxygen atoms in total. The third-order valence-corrected chi connectivity index (χ3v) is 22.7. The number of nitrogens with zero attached hydrogens (tertiary/aromatic N) is 4. The summed E-state index contributed by atoms with van der Waals surface area (Å²) < 4.78 is 0. The summed E-state index contributed by atoms with van der Waals surface area (Å²) in [7, 11) is 0. The molecule has 0 aliphatic heterocycles. The second-order valence-corrected chi connectivity index (χ2v) is 28.0. The van der Waals surface area contributed by atoms with Crippen LogP contribution in [-0.4, -0.2) is 0 Å². The Kier molecular flexibility index (Phi) is 13.9. The van der Waals surface area contributed by atoms with E-state index in [1.54, 1.807) is 0 Å². The van der Waals surface area contributed by atoms with Crippen molar-refractivity contribution in [2.24, 2.45) is 0 Å². The van der Waals surface area contributed by atoms with Gasteiger partial charge in [0.05, 0.1) is 24.3 Å². The van der Waals surface area contributed by atoms with Crippen LogP contribution in [0.2, 0.25) is 0 Å². The standard InChI is InChI=1S/C80H50.C24H6N4/c1-11-31-51(32-12-1)61-62(52-33-13-2-14-34-52)72-65(55-39-19-5-20-40-55)66(56-41-21-6-22-42-56)74-69(59-47-27-9-28-48-59)70(60-49-29-10-30-50-60)75-68(58-45-25-8-26-46-58)67(57-43-23-7-24-44-57)73-64(54-37-17-4-18-38-54)63(53-35-15-3-16-36-53)71(61)76-77(72)79(74)80(75)78(73)76;1-27-23-14-6-4-11-3-5-12-16(9-25)17(10-26)13-7-8-15(24(23)28-2)22-20(13)19(12)18(11)21(14)22/h1-50H;3-8H. The van der Waals surface area contributed by atoms with E-state index in [0.717, 1.165) is 53.9 Å². The Bertz CT molecular complexity index is 6320. The van der Waals surface area contributed by atoms with Crippen LogP contribution in [0.25, 0.3) is 229 Å². The van der Waals surface area contributed by atoms with E-state index >= 15 is 0 Å². The van der Waals surface area contributed by atoms with Crippen LogP contribution >= 0.6 is 0 Å². The lowest BCUT2D eigenvalue weighted by Crippen LogP contribution is -1.99. The quantitative estimate of drug-likeness (QED) is 0.101. The number of hydrogen-bond acceptors (Lipinski definition) is 2. The molecule has 108 heavy (non-hydrogen) atoms.